The van der Waals surface area contributed by atoms with Crippen molar-refractivity contribution in [1.82, 2.24) is 14.8 Å². The summed E-state index contributed by atoms with van der Waals surface area (Å²) in [6, 6.07) is 0.748. The van der Waals surface area contributed by atoms with Crippen LogP contribution < -0.4 is 0 Å². The Hall–Kier alpha value is -1.61. The van der Waals surface area contributed by atoms with Crippen LogP contribution in [0, 0.1) is 11.6 Å². The van der Waals surface area contributed by atoms with E-state index in [1.165, 1.54) is 0 Å². The molecule has 3 rings (SSSR count). The molecule has 112 valence electrons. The lowest BCUT2D eigenvalue weighted by atomic mass is 10.0. The first-order chi connectivity index (χ1) is 10.0. The van der Waals surface area contributed by atoms with Gasteiger partial charge in [0.1, 0.15) is 11.6 Å². The Bertz CT molecular complexity index is 681. The smallest absolute Gasteiger partial charge is 0.364 e. The summed E-state index contributed by atoms with van der Waals surface area (Å²) in [5.41, 5.74) is -0.0705. The first-order valence-electron chi connectivity index (χ1n) is 6.01. The monoisotopic (exact) mass is 319 g/mol. The second kappa shape index (κ2) is 5.30. The number of hydrogen-bond donors (Lipinski definition) is 0. The van der Waals surface area contributed by atoms with Crippen LogP contribution in [0.5, 0.6) is 0 Å². The van der Waals surface area contributed by atoms with Gasteiger partial charge in [0.25, 0.3) is 6.01 Å². The minimum Gasteiger partial charge on any atom is -0.607 e. The van der Waals surface area contributed by atoms with Gasteiger partial charge < -0.3 is 4.55 Å². The van der Waals surface area contributed by atoms with Crippen molar-refractivity contribution in [3.05, 3.63) is 41.2 Å². The van der Waals surface area contributed by atoms with E-state index in [9.17, 15) is 22.1 Å². The van der Waals surface area contributed by atoms with Crippen molar-refractivity contribution in [3.8, 4) is 0 Å². The van der Waals surface area contributed by atoms with Crippen LogP contribution in [0.15, 0.2) is 23.4 Å². The number of halogens is 4. The lowest BCUT2D eigenvalue weighted by Crippen LogP contribution is -2.12. The normalized spacial score (nSPS) is 22.3. The Morgan fingerprint density at radius 2 is 2.14 bits per heavy atom. The van der Waals surface area contributed by atoms with E-state index < -0.39 is 41.0 Å². The van der Waals surface area contributed by atoms with Gasteiger partial charge in [-0.2, -0.15) is 9.37 Å². The van der Waals surface area contributed by atoms with Crippen molar-refractivity contribution in [2.75, 3.05) is 6.01 Å². The zero-order valence-electron chi connectivity index (χ0n) is 10.5. The molecular weight excluding hydrogens is 310 g/mol. The van der Waals surface area contributed by atoms with Gasteiger partial charge in [0.15, 0.2) is 12.0 Å². The Morgan fingerprint density at radius 1 is 1.38 bits per heavy atom. The highest BCUT2D eigenvalue weighted by Gasteiger charge is 2.38. The number of fused-ring (bicyclic) bond motifs is 1. The largest absolute Gasteiger partial charge is 0.607 e. The van der Waals surface area contributed by atoms with E-state index in [-0.39, 0.29) is 23.0 Å². The fourth-order valence-corrected chi connectivity index (χ4v) is 2.81. The van der Waals surface area contributed by atoms with Crippen LogP contribution in [-0.2, 0) is 11.2 Å². The summed E-state index contributed by atoms with van der Waals surface area (Å²) in [4.78, 5) is 3.69. The number of hydrogen-bond acceptors (Lipinski definition) is 3. The molecule has 0 spiro atoms. The summed E-state index contributed by atoms with van der Waals surface area (Å²) in [7, 11) is 0. The van der Waals surface area contributed by atoms with Crippen molar-refractivity contribution in [2.24, 2.45) is 0 Å². The molecule has 3 atom stereocenters. The molecule has 1 aromatic carbocycles. The molecule has 2 heterocycles. The lowest BCUT2D eigenvalue weighted by molar-refractivity contribution is 0.324. The summed E-state index contributed by atoms with van der Waals surface area (Å²) in [5.74, 6) is -1.52. The molecule has 0 saturated heterocycles. The minimum atomic E-state index is -2.09. The molecule has 0 N–H and O–H groups in total. The van der Waals surface area contributed by atoms with Crippen molar-refractivity contribution in [3.63, 3.8) is 0 Å². The highest BCUT2D eigenvalue weighted by atomic mass is 32.2. The van der Waals surface area contributed by atoms with Gasteiger partial charge in [-0.1, -0.05) is 0 Å². The van der Waals surface area contributed by atoms with Gasteiger partial charge in [0, 0.05) is 12.0 Å². The Kier molecular flexibility index (Phi) is 3.62. The van der Waals surface area contributed by atoms with Crippen LogP contribution in [0.4, 0.5) is 17.6 Å². The molecule has 0 amide bonds. The highest BCUT2D eigenvalue weighted by molar-refractivity contribution is 7.91. The number of nitrogens with zero attached hydrogens (tertiary/aromatic N) is 3. The average Bonchev–Trinajstić information content (AvgIpc) is 3.02. The number of aromatic nitrogens is 3. The Labute approximate surface area is 120 Å². The molecule has 2 aromatic rings. The third-order valence-corrected chi connectivity index (χ3v) is 4.04. The third kappa shape index (κ3) is 2.40. The van der Waals surface area contributed by atoms with Gasteiger partial charge in [-0.15, -0.1) is 5.10 Å². The first-order valence-corrected chi connectivity index (χ1v) is 7.33. The van der Waals surface area contributed by atoms with Gasteiger partial charge in [0.2, 0.25) is 0 Å². The van der Waals surface area contributed by atoms with E-state index in [2.05, 4.69) is 10.1 Å². The zero-order valence-corrected chi connectivity index (χ0v) is 11.3. The second-order valence-corrected chi connectivity index (χ2v) is 5.81. The fraction of sp³-hybridized carbons (Fsp3) is 0.333. The van der Waals surface area contributed by atoms with E-state index in [0.29, 0.717) is 0 Å². The molecule has 21 heavy (non-hydrogen) atoms. The molecule has 0 bridgehead atoms. The Morgan fingerprint density at radius 3 is 2.86 bits per heavy atom. The van der Waals surface area contributed by atoms with Crippen LogP contribution in [0.2, 0.25) is 0 Å². The van der Waals surface area contributed by atoms with Gasteiger partial charge in [-0.05, 0) is 18.2 Å². The van der Waals surface area contributed by atoms with E-state index in [1.807, 2.05) is 0 Å². The number of rotatable bonds is 3. The maximum absolute atomic E-state index is 13.9. The van der Waals surface area contributed by atoms with E-state index in [0.717, 1.165) is 22.9 Å². The third-order valence-electron chi connectivity index (χ3n) is 3.26. The molecule has 1 aromatic heterocycles. The molecule has 0 aliphatic carbocycles. The van der Waals surface area contributed by atoms with E-state index >= 15 is 0 Å². The van der Waals surface area contributed by atoms with Crippen LogP contribution in [0.25, 0.3) is 0 Å². The van der Waals surface area contributed by atoms with Crippen molar-refractivity contribution < 1.29 is 22.1 Å². The SMILES string of the molecule is [O-][S@+](CF)c1nc2n(n1)[C@H](c1cc(F)ccc1F)C[C@@H]2F. The van der Waals surface area contributed by atoms with Crippen LogP contribution in [0.1, 0.15) is 30.0 Å². The number of alkyl halides is 2. The zero-order chi connectivity index (χ0) is 15.1. The van der Waals surface area contributed by atoms with Gasteiger partial charge >= 0.3 is 5.16 Å². The molecule has 1 aliphatic heterocycles. The van der Waals surface area contributed by atoms with Gasteiger partial charge in [-0.25, -0.2) is 17.9 Å². The van der Waals surface area contributed by atoms with Gasteiger partial charge in [-0.3, -0.25) is 0 Å². The van der Waals surface area contributed by atoms with Crippen LogP contribution in [0.3, 0.4) is 0 Å². The standard InChI is InChI=1S/C12H9F4N3OS/c13-5-21(20)12-17-11-9(16)4-10(19(11)18-12)7-3-6(14)1-2-8(7)15/h1-3,9-10H,4-5H2/t9-,10-,21+/m0/s1. The van der Waals surface area contributed by atoms with E-state index in [1.54, 1.807) is 0 Å². The summed E-state index contributed by atoms with van der Waals surface area (Å²) < 4.78 is 65.7. The molecule has 0 saturated carbocycles. The maximum atomic E-state index is 13.9. The summed E-state index contributed by atoms with van der Waals surface area (Å²) in [6.07, 6.45) is -1.71. The van der Waals surface area contributed by atoms with Crippen molar-refractivity contribution in [2.45, 2.75) is 23.8 Å². The van der Waals surface area contributed by atoms with E-state index in [4.69, 9.17) is 0 Å². The summed E-state index contributed by atoms with van der Waals surface area (Å²) in [5, 5.41) is 3.43. The van der Waals surface area contributed by atoms with Crippen molar-refractivity contribution in [1.29, 1.82) is 0 Å². The van der Waals surface area contributed by atoms with Crippen LogP contribution in [-0.4, -0.2) is 25.3 Å². The lowest BCUT2D eigenvalue weighted by Gasteiger charge is -2.12. The molecule has 4 nitrogen and oxygen atoms in total. The quantitative estimate of drug-likeness (QED) is 0.645. The van der Waals surface area contributed by atoms with Gasteiger partial charge in [0.05, 0.1) is 17.2 Å². The number of benzene rings is 1. The second-order valence-electron chi connectivity index (χ2n) is 4.54. The minimum absolute atomic E-state index is 0.0705. The molecule has 1 aliphatic rings. The summed E-state index contributed by atoms with van der Waals surface area (Å²) in [6.45, 7) is 0. The topological polar surface area (TPSA) is 53.8 Å². The van der Waals surface area contributed by atoms with Crippen molar-refractivity contribution >= 4 is 11.2 Å². The molecule has 0 fully saturated rings. The Balaban J connectivity index is 2.05. The highest BCUT2D eigenvalue weighted by Crippen LogP contribution is 2.40. The predicted octanol–water partition coefficient (Wildman–Crippen LogP) is 2.59. The molecule has 0 unspecified atom stereocenters. The molecule has 0 radical (unpaired) electrons. The van der Waals surface area contributed by atoms with Crippen LogP contribution >= 0.6 is 0 Å². The predicted molar refractivity (Wildman–Crippen MR) is 65.4 cm³/mol. The summed E-state index contributed by atoms with van der Waals surface area (Å²) >= 11 is -2.09. The maximum Gasteiger partial charge on any atom is 0.364 e. The first kappa shape index (κ1) is 14.3. The average molecular weight is 319 g/mol. The fourth-order valence-electron chi connectivity index (χ4n) is 2.33. The molecular formula is C12H9F4N3OS. The molecule has 9 heteroatoms.